The van der Waals surface area contributed by atoms with Crippen LogP contribution in [0.1, 0.15) is 18.1 Å². The maximum atomic E-state index is 14.5. The molecular formula is C21H14F6. The lowest BCUT2D eigenvalue weighted by molar-refractivity contribution is -0.142. The summed E-state index contributed by atoms with van der Waals surface area (Å²) in [6, 6.07) is 12.5. The number of alkyl halides is 3. The molecule has 0 heterocycles. The van der Waals surface area contributed by atoms with E-state index in [1.165, 1.54) is 12.1 Å². The first-order chi connectivity index (χ1) is 12.7. The number of hydrogen-bond acceptors (Lipinski definition) is 0. The maximum absolute atomic E-state index is 14.5. The Morgan fingerprint density at radius 2 is 1.19 bits per heavy atom. The van der Waals surface area contributed by atoms with Gasteiger partial charge >= 0.3 is 6.18 Å². The normalized spacial score (nSPS) is 11.7. The van der Waals surface area contributed by atoms with Gasteiger partial charge in [0.25, 0.3) is 0 Å². The Balaban J connectivity index is 2.01. The molecule has 3 aromatic rings. The largest absolute Gasteiger partial charge is 0.422 e. The van der Waals surface area contributed by atoms with Gasteiger partial charge in [0.2, 0.25) is 0 Å². The first-order valence-corrected chi connectivity index (χ1v) is 8.16. The van der Waals surface area contributed by atoms with Gasteiger partial charge in [-0.2, -0.15) is 13.2 Å². The molecule has 0 aliphatic heterocycles. The summed E-state index contributed by atoms with van der Waals surface area (Å²) in [4.78, 5) is 0. The van der Waals surface area contributed by atoms with Gasteiger partial charge in [-0.25, -0.2) is 13.2 Å². The molecule has 0 radical (unpaired) electrons. The zero-order valence-electron chi connectivity index (χ0n) is 14.2. The monoisotopic (exact) mass is 380 g/mol. The molecule has 0 amide bonds. The summed E-state index contributed by atoms with van der Waals surface area (Å²) in [6.07, 6.45) is -4.31. The van der Waals surface area contributed by atoms with E-state index in [0.717, 1.165) is 17.5 Å². The Labute approximate surface area is 152 Å². The zero-order valence-corrected chi connectivity index (χ0v) is 14.2. The van der Waals surface area contributed by atoms with Crippen LogP contribution in [0.3, 0.4) is 0 Å². The van der Waals surface area contributed by atoms with Crippen LogP contribution in [-0.2, 0) is 12.6 Å². The van der Waals surface area contributed by atoms with Crippen molar-refractivity contribution < 1.29 is 26.3 Å². The number of benzene rings is 3. The predicted molar refractivity (Wildman–Crippen MR) is 91.6 cm³/mol. The third-order valence-electron chi connectivity index (χ3n) is 4.30. The molecule has 0 bridgehead atoms. The number of rotatable bonds is 3. The first-order valence-electron chi connectivity index (χ1n) is 8.16. The van der Waals surface area contributed by atoms with Crippen LogP contribution >= 0.6 is 0 Å². The third-order valence-corrected chi connectivity index (χ3v) is 4.30. The van der Waals surface area contributed by atoms with Crippen molar-refractivity contribution in [3.8, 4) is 22.3 Å². The Bertz CT molecular complexity index is 948. The molecule has 0 aliphatic carbocycles. The van der Waals surface area contributed by atoms with E-state index in [-0.39, 0.29) is 11.1 Å². The lowest BCUT2D eigenvalue weighted by Gasteiger charge is -2.12. The van der Waals surface area contributed by atoms with Gasteiger partial charge in [0, 0.05) is 5.56 Å². The molecule has 27 heavy (non-hydrogen) atoms. The van der Waals surface area contributed by atoms with Crippen molar-refractivity contribution in [2.45, 2.75) is 19.5 Å². The van der Waals surface area contributed by atoms with Gasteiger partial charge in [0.05, 0.1) is 0 Å². The second-order valence-corrected chi connectivity index (χ2v) is 6.06. The van der Waals surface area contributed by atoms with E-state index >= 15 is 0 Å². The van der Waals surface area contributed by atoms with Crippen LogP contribution in [0.25, 0.3) is 22.3 Å². The highest BCUT2D eigenvalue weighted by Gasteiger charge is 2.38. The SMILES string of the molecule is CCc1ccc(-c2ccc(-c3cc(F)c(C(F)(F)F)c(F)c3)c(F)c2)cc1. The third kappa shape index (κ3) is 3.84. The zero-order chi connectivity index (χ0) is 19.8. The van der Waals surface area contributed by atoms with Gasteiger partial charge in [0.1, 0.15) is 23.0 Å². The lowest BCUT2D eigenvalue weighted by Crippen LogP contribution is -2.11. The molecule has 3 rings (SSSR count). The standard InChI is InChI=1S/C21H14F6/c1-2-12-3-5-13(6-4-12)14-7-8-16(17(22)9-14)15-10-18(23)20(19(24)11-15)21(25,26)27/h3-11H,2H2,1H3. The van der Waals surface area contributed by atoms with Gasteiger partial charge in [0.15, 0.2) is 0 Å². The predicted octanol–water partition coefficient (Wildman–Crippen LogP) is 7.02. The number of hydrogen-bond donors (Lipinski definition) is 0. The molecule has 6 heteroatoms. The van der Waals surface area contributed by atoms with Crippen LogP contribution in [0.15, 0.2) is 54.6 Å². The van der Waals surface area contributed by atoms with Crippen LogP contribution in [0.4, 0.5) is 26.3 Å². The van der Waals surface area contributed by atoms with E-state index in [9.17, 15) is 26.3 Å². The van der Waals surface area contributed by atoms with Crippen LogP contribution in [0, 0.1) is 17.5 Å². The van der Waals surface area contributed by atoms with Gasteiger partial charge in [-0.3, -0.25) is 0 Å². The second kappa shape index (κ2) is 7.10. The molecule has 0 fully saturated rings. The van der Waals surface area contributed by atoms with Crippen molar-refractivity contribution >= 4 is 0 Å². The molecule has 0 unspecified atom stereocenters. The molecule has 0 nitrogen and oxygen atoms in total. The van der Waals surface area contributed by atoms with E-state index in [2.05, 4.69) is 0 Å². The summed E-state index contributed by atoms with van der Waals surface area (Å²) in [7, 11) is 0. The molecule has 0 spiro atoms. The quantitative estimate of drug-likeness (QED) is 0.428. The van der Waals surface area contributed by atoms with Crippen molar-refractivity contribution in [2.75, 3.05) is 0 Å². The molecule has 0 saturated carbocycles. The molecule has 0 aliphatic rings. The van der Waals surface area contributed by atoms with Crippen LogP contribution in [0.5, 0.6) is 0 Å². The van der Waals surface area contributed by atoms with Crippen LogP contribution in [0.2, 0.25) is 0 Å². The fraction of sp³-hybridized carbons (Fsp3) is 0.143. The Hall–Kier alpha value is -2.76. The molecular weight excluding hydrogens is 366 g/mol. The van der Waals surface area contributed by atoms with Crippen molar-refractivity contribution in [2.24, 2.45) is 0 Å². The summed E-state index contributed by atoms with van der Waals surface area (Å²) in [5, 5.41) is 0. The van der Waals surface area contributed by atoms with Gasteiger partial charge in [-0.1, -0.05) is 43.3 Å². The van der Waals surface area contributed by atoms with Gasteiger partial charge < -0.3 is 0 Å². The van der Waals surface area contributed by atoms with E-state index in [4.69, 9.17) is 0 Å². The van der Waals surface area contributed by atoms with E-state index in [0.29, 0.717) is 17.7 Å². The Morgan fingerprint density at radius 3 is 1.67 bits per heavy atom. The maximum Gasteiger partial charge on any atom is 0.422 e. The molecule has 0 aromatic heterocycles. The first kappa shape index (κ1) is 19.0. The van der Waals surface area contributed by atoms with Crippen molar-refractivity contribution in [3.63, 3.8) is 0 Å². The topological polar surface area (TPSA) is 0 Å². The van der Waals surface area contributed by atoms with Crippen molar-refractivity contribution in [1.29, 1.82) is 0 Å². The number of halogens is 6. The van der Waals surface area contributed by atoms with Crippen LogP contribution in [-0.4, -0.2) is 0 Å². The fourth-order valence-electron chi connectivity index (χ4n) is 2.86. The molecule has 0 atom stereocenters. The Morgan fingerprint density at radius 1 is 0.667 bits per heavy atom. The van der Waals surface area contributed by atoms with E-state index in [1.54, 1.807) is 6.07 Å². The average molecular weight is 380 g/mol. The van der Waals surface area contributed by atoms with Gasteiger partial charge in [-0.15, -0.1) is 0 Å². The Kier molecular flexibility index (Phi) is 5.00. The fourth-order valence-corrected chi connectivity index (χ4v) is 2.86. The minimum absolute atomic E-state index is 0.185. The molecule has 0 saturated heterocycles. The number of aryl methyl sites for hydroxylation is 1. The highest BCUT2D eigenvalue weighted by atomic mass is 19.4. The highest BCUT2D eigenvalue weighted by molar-refractivity contribution is 5.71. The van der Waals surface area contributed by atoms with E-state index < -0.39 is 29.2 Å². The average Bonchev–Trinajstić information content (AvgIpc) is 2.59. The molecule has 140 valence electrons. The van der Waals surface area contributed by atoms with Gasteiger partial charge in [-0.05, 0) is 46.9 Å². The summed E-state index contributed by atoms with van der Waals surface area (Å²) >= 11 is 0. The minimum atomic E-state index is -5.17. The lowest BCUT2D eigenvalue weighted by atomic mass is 9.97. The summed E-state index contributed by atoms with van der Waals surface area (Å²) in [6.45, 7) is 2.01. The van der Waals surface area contributed by atoms with Crippen molar-refractivity contribution in [1.82, 2.24) is 0 Å². The molecule has 0 N–H and O–H groups in total. The summed E-state index contributed by atoms with van der Waals surface area (Å²) in [5.41, 5.74) is -0.0566. The van der Waals surface area contributed by atoms with E-state index in [1.807, 2.05) is 31.2 Å². The highest BCUT2D eigenvalue weighted by Crippen LogP contribution is 2.37. The smallest absolute Gasteiger partial charge is 0.206 e. The summed E-state index contributed by atoms with van der Waals surface area (Å²) < 4.78 is 80.0. The van der Waals surface area contributed by atoms with Crippen LogP contribution < -0.4 is 0 Å². The second-order valence-electron chi connectivity index (χ2n) is 6.06. The minimum Gasteiger partial charge on any atom is -0.206 e. The summed E-state index contributed by atoms with van der Waals surface area (Å²) in [5.74, 6) is -4.35. The molecule has 3 aromatic carbocycles. The van der Waals surface area contributed by atoms with Crippen molar-refractivity contribution in [3.05, 3.63) is 83.2 Å².